The van der Waals surface area contributed by atoms with Crippen molar-refractivity contribution in [3.8, 4) is 0 Å². The Labute approximate surface area is 105 Å². The second-order valence-corrected chi connectivity index (χ2v) is 5.87. The number of carbonyl (C=O) groups excluding carboxylic acids is 1. The van der Waals surface area contributed by atoms with E-state index in [9.17, 15) is 4.79 Å². The molecule has 1 N–H and O–H groups in total. The molecule has 0 bridgehead atoms. The molecule has 2 nitrogen and oxygen atoms in total. The van der Waals surface area contributed by atoms with Gasteiger partial charge in [0.05, 0.1) is 5.92 Å². The average Bonchev–Trinajstić information content (AvgIpc) is 2.80. The molecule has 0 spiro atoms. The number of alkyl halides is 2. The molecule has 4 heteroatoms. The first-order chi connectivity index (χ1) is 7.40. The lowest BCUT2D eigenvalue weighted by molar-refractivity contribution is -0.117. The number of anilines is 1. The second kappa shape index (κ2) is 3.94. The largest absolute Gasteiger partial charge is 0.326 e. The highest BCUT2D eigenvalue weighted by Crippen LogP contribution is 2.53. The van der Waals surface area contributed by atoms with Crippen molar-refractivity contribution >= 4 is 34.8 Å². The van der Waals surface area contributed by atoms with Gasteiger partial charge in [-0.1, -0.05) is 17.7 Å². The first-order valence-corrected chi connectivity index (χ1v) is 5.92. The van der Waals surface area contributed by atoms with Gasteiger partial charge in [-0.3, -0.25) is 4.79 Å². The molecule has 1 unspecified atom stereocenters. The van der Waals surface area contributed by atoms with Crippen LogP contribution in [0.5, 0.6) is 0 Å². The third-order valence-electron chi connectivity index (χ3n) is 2.78. The van der Waals surface area contributed by atoms with Crippen LogP contribution in [0.15, 0.2) is 18.2 Å². The van der Waals surface area contributed by atoms with E-state index in [1.54, 1.807) is 0 Å². The van der Waals surface area contributed by atoms with Gasteiger partial charge in [-0.05, 0) is 31.9 Å². The van der Waals surface area contributed by atoms with Crippen molar-refractivity contribution in [2.75, 3.05) is 5.32 Å². The van der Waals surface area contributed by atoms with E-state index in [4.69, 9.17) is 23.2 Å². The molecule has 1 aliphatic carbocycles. The van der Waals surface area contributed by atoms with E-state index in [-0.39, 0.29) is 11.8 Å². The van der Waals surface area contributed by atoms with E-state index < -0.39 is 4.33 Å². The van der Waals surface area contributed by atoms with Gasteiger partial charge in [0, 0.05) is 5.69 Å². The number of halogens is 2. The van der Waals surface area contributed by atoms with E-state index in [0.717, 1.165) is 11.3 Å². The van der Waals surface area contributed by atoms with Crippen molar-refractivity contribution in [1.29, 1.82) is 0 Å². The monoisotopic (exact) mass is 257 g/mol. The fourth-order valence-corrected chi connectivity index (χ4v) is 2.18. The van der Waals surface area contributed by atoms with Gasteiger partial charge in [0.2, 0.25) is 5.91 Å². The van der Waals surface area contributed by atoms with Gasteiger partial charge in [-0.25, -0.2) is 0 Å². The molecule has 1 saturated carbocycles. The lowest BCUT2D eigenvalue weighted by Gasteiger charge is -2.09. The molecule has 1 amide bonds. The number of benzene rings is 1. The molecule has 1 aliphatic rings. The fraction of sp³-hybridized carbons (Fsp3) is 0.417. The minimum Gasteiger partial charge on any atom is -0.326 e. The molecule has 1 fully saturated rings. The van der Waals surface area contributed by atoms with Crippen molar-refractivity contribution in [2.24, 2.45) is 5.92 Å². The van der Waals surface area contributed by atoms with Crippen LogP contribution in [0.1, 0.15) is 17.5 Å². The molecule has 0 saturated heterocycles. The predicted octanol–water partition coefficient (Wildman–Crippen LogP) is 3.44. The summed E-state index contributed by atoms with van der Waals surface area (Å²) in [4.78, 5) is 11.7. The Morgan fingerprint density at radius 2 is 2.06 bits per heavy atom. The number of hydrogen-bond donors (Lipinski definition) is 1. The van der Waals surface area contributed by atoms with E-state index in [2.05, 4.69) is 5.32 Å². The Hall–Kier alpha value is -0.730. The Kier molecular flexibility index (Phi) is 2.89. The minimum absolute atomic E-state index is 0.100. The summed E-state index contributed by atoms with van der Waals surface area (Å²) in [6.45, 7) is 3.98. The topological polar surface area (TPSA) is 29.1 Å². The number of amides is 1. The number of carbonyl (C=O) groups is 1. The van der Waals surface area contributed by atoms with Crippen LogP contribution in [-0.2, 0) is 4.79 Å². The van der Waals surface area contributed by atoms with Gasteiger partial charge in [-0.2, -0.15) is 0 Å². The van der Waals surface area contributed by atoms with Crippen molar-refractivity contribution in [3.05, 3.63) is 29.3 Å². The maximum Gasteiger partial charge on any atom is 0.230 e. The zero-order valence-electron chi connectivity index (χ0n) is 9.18. The molecule has 0 aliphatic heterocycles. The molecule has 1 aromatic carbocycles. The van der Waals surface area contributed by atoms with Gasteiger partial charge in [0.25, 0.3) is 0 Å². The molecule has 0 radical (unpaired) electrons. The fourth-order valence-electron chi connectivity index (χ4n) is 1.67. The Bertz CT molecular complexity index is 443. The third-order valence-corrected chi connectivity index (χ3v) is 3.62. The minimum atomic E-state index is -0.858. The average molecular weight is 258 g/mol. The molecule has 0 aromatic heterocycles. The van der Waals surface area contributed by atoms with Gasteiger partial charge >= 0.3 is 0 Å². The summed E-state index contributed by atoms with van der Waals surface area (Å²) in [5.41, 5.74) is 3.04. The normalized spacial score (nSPS) is 21.6. The first-order valence-electron chi connectivity index (χ1n) is 5.16. The number of rotatable bonds is 2. The van der Waals surface area contributed by atoms with Crippen LogP contribution in [-0.4, -0.2) is 10.2 Å². The van der Waals surface area contributed by atoms with E-state index in [1.807, 2.05) is 32.0 Å². The van der Waals surface area contributed by atoms with E-state index in [0.29, 0.717) is 6.42 Å². The van der Waals surface area contributed by atoms with Gasteiger partial charge < -0.3 is 5.32 Å². The highest BCUT2D eigenvalue weighted by atomic mass is 35.5. The Balaban J connectivity index is 2.07. The summed E-state index contributed by atoms with van der Waals surface area (Å²) in [6.07, 6.45) is 0.535. The van der Waals surface area contributed by atoms with Crippen LogP contribution < -0.4 is 5.32 Å². The molecule has 2 rings (SSSR count). The zero-order chi connectivity index (χ0) is 11.9. The molecule has 1 aromatic rings. The summed E-state index contributed by atoms with van der Waals surface area (Å²) in [5, 5.41) is 2.85. The lowest BCUT2D eigenvalue weighted by Crippen LogP contribution is -2.17. The van der Waals surface area contributed by atoms with Crippen molar-refractivity contribution in [2.45, 2.75) is 24.6 Å². The maximum atomic E-state index is 11.7. The van der Waals surface area contributed by atoms with Gasteiger partial charge in [0.15, 0.2) is 0 Å². The van der Waals surface area contributed by atoms with Gasteiger partial charge in [0.1, 0.15) is 4.33 Å². The standard InChI is InChI=1S/C12H13Cl2NO/c1-7-3-4-10(8(2)5-7)15-11(16)9-6-12(9,13)14/h3-5,9H,6H2,1-2H3,(H,15,16). The molecule has 0 heterocycles. The maximum absolute atomic E-state index is 11.7. The van der Waals surface area contributed by atoms with Crippen LogP contribution in [0.25, 0.3) is 0 Å². The summed E-state index contributed by atoms with van der Waals surface area (Å²) >= 11 is 11.7. The highest BCUT2D eigenvalue weighted by Gasteiger charge is 2.56. The highest BCUT2D eigenvalue weighted by molar-refractivity contribution is 6.52. The number of aryl methyl sites for hydroxylation is 2. The number of nitrogens with one attached hydrogen (secondary N) is 1. The van der Waals surface area contributed by atoms with E-state index >= 15 is 0 Å². The number of hydrogen-bond acceptors (Lipinski definition) is 1. The SMILES string of the molecule is Cc1ccc(NC(=O)C2CC2(Cl)Cl)c(C)c1. The Morgan fingerprint density at radius 3 is 2.56 bits per heavy atom. The van der Waals surface area contributed by atoms with Crippen LogP contribution in [0.3, 0.4) is 0 Å². The summed E-state index contributed by atoms with van der Waals surface area (Å²) in [6, 6.07) is 5.89. The quantitative estimate of drug-likeness (QED) is 0.809. The molecular weight excluding hydrogens is 245 g/mol. The second-order valence-electron chi connectivity index (χ2n) is 4.33. The van der Waals surface area contributed by atoms with Crippen LogP contribution in [0.2, 0.25) is 0 Å². The van der Waals surface area contributed by atoms with Crippen molar-refractivity contribution in [1.82, 2.24) is 0 Å². The molecule has 16 heavy (non-hydrogen) atoms. The third kappa shape index (κ3) is 2.33. The van der Waals surface area contributed by atoms with Gasteiger partial charge in [-0.15, -0.1) is 23.2 Å². The van der Waals surface area contributed by atoms with Crippen LogP contribution in [0, 0.1) is 19.8 Å². The van der Waals surface area contributed by atoms with Crippen molar-refractivity contribution in [3.63, 3.8) is 0 Å². The predicted molar refractivity (Wildman–Crippen MR) is 67.1 cm³/mol. The Morgan fingerprint density at radius 1 is 1.44 bits per heavy atom. The van der Waals surface area contributed by atoms with Crippen LogP contribution >= 0.6 is 23.2 Å². The summed E-state index contributed by atoms with van der Waals surface area (Å²) in [5.74, 6) is -0.381. The van der Waals surface area contributed by atoms with Crippen molar-refractivity contribution < 1.29 is 4.79 Å². The smallest absolute Gasteiger partial charge is 0.230 e. The van der Waals surface area contributed by atoms with E-state index in [1.165, 1.54) is 5.56 Å². The van der Waals surface area contributed by atoms with Crippen LogP contribution in [0.4, 0.5) is 5.69 Å². The summed E-state index contributed by atoms with van der Waals surface area (Å²) < 4.78 is -0.858. The first kappa shape index (κ1) is 11.7. The molecule has 1 atom stereocenters. The summed E-state index contributed by atoms with van der Waals surface area (Å²) in [7, 11) is 0. The zero-order valence-corrected chi connectivity index (χ0v) is 10.7. The lowest BCUT2D eigenvalue weighted by atomic mass is 10.1. The molecule has 86 valence electrons. The molecular formula is C12H13Cl2NO.